The molecule has 0 aliphatic carbocycles. The molecule has 0 radical (unpaired) electrons. The molecule has 29 heavy (non-hydrogen) atoms. The summed E-state index contributed by atoms with van der Waals surface area (Å²) in [6.07, 6.45) is 0. The minimum atomic E-state index is -0.410. The highest BCUT2D eigenvalue weighted by atomic mass is 16.5. The summed E-state index contributed by atoms with van der Waals surface area (Å²) in [5, 5.41) is 6.98. The topological polar surface area (TPSA) is 76.1 Å². The summed E-state index contributed by atoms with van der Waals surface area (Å²) in [7, 11) is 1.56. The molecule has 3 aromatic carbocycles. The number of hydrogen-bond acceptors (Lipinski definition) is 5. The highest BCUT2D eigenvalue weighted by molar-refractivity contribution is 6.04. The molecule has 1 aromatic heterocycles. The maximum Gasteiger partial charge on any atom is 0.293 e. The van der Waals surface area contributed by atoms with Crippen molar-refractivity contribution in [1.29, 1.82) is 0 Å². The third-order valence-corrected chi connectivity index (χ3v) is 4.44. The Kier molecular flexibility index (Phi) is 5.07. The number of rotatable bonds is 5. The smallest absolute Gasteiger partial charge is 0.293 e. The molecule has 144 valence electrons. The zero-order valence-corrected chi connectivity index (χ0v) is 16.1. The van der Waals surface area contributed by atoms with Crippen molar-refractivity contribution in [3.05, 3.63) is 84.2 Å². The number of carbonyl (C=O) groups excluding carboxylic acids is 1. The van der Waals surface area contributed by atoms with Crippen molar-refractivity contribution in [3.8, 4) is 5.75 Å². The molecule has 0 spiro atoms. The molecule has 4 aromatic rings. The molecular weight excluding hydrogens is 364 g/mol. The third-order valence-electron chi connectivity index (χ3n) is 4.44. The van der Waals surface area contributed by atoms with Gasteiger partial charge in [0.15, 0.2) is 0 Å². The van der Waals surface area contributed by atoms with E-state index in [0.717, 1.165) is 16.6 Å². The van der Waals surface area contributed by atoms with Gasteiger partial charge in [0.2, 0.25) is 5.82 Å². The number of amides is 1. The highest BCUT2D eigenvalue weighted by Crippen LogP contribution is 2.26. The van der Waals surface area contributed by atoms with Crippen LogP contribution in [0, 0.1) is 6.92 Å². The molecule has 0 aliphatic rings. The third kappa shape index (κ3) is 4.01. The molecule has 1 amide bonds. The molecule has 0 saturated heterocycles. The summed E-state index contributed by atoms with van der Waals surface area (Å²) in [5.74, 6) is 0.809. The average Bonchev–Trinajstić information content (AvgIpc) is 2.74. The molecular formula is C23H20N4O2. The van der Waals surface area contributed by atoms with Crippen molar-refractivity contribution in [1.82, 2.24) is 9.97 Å². The van der Waals surface area contributed by atoms with Crippen molar-refractivity contribution < 1.29 is 9.53 Å². The quantitative estimate of drug-likeness (QED) is 0.509. The van der Waals surface area contributed by atoms with Gasteiger partial charge in [0.1, 0.15) is 11.6 Å². The minimum absolute atomic E-state index is 0.0739. The molecule has 0 saturated carbocycles. The monoisotopic (exact) mass is 384 g/mol. The Bertz CT molecular complexity index is 1190. The summed E-state index contributed by atoms with van der Waals surface area (Å²) in [6.45, 7) is 2.02. The summed E-state index contributed by atoms with van der Waals surface area (Å²) in [4.78, 5) is 21.8. The Hall–Kier alpha value is -3.93. The first kappa shape index (κ1) is 18.4. The summed E-state index contributed by atoms with van der Waals surface area (Å²) >= 11 is 0. The Labute approximate surface area is 168 Å². The first-order valence-corrected chi connectivity index (χ1v) is 9.19. The van der Waals surface area contributed by atoms with E-state index in [1.54, 1.807) is 19.2 Å². The van der Waals surface area contributed by atoms with Crippen molar-refractivity contribution in [2.45, 2.75) is 6.92 Å². The second-order valence-electron chi connectivity index (χ2n) is 6.56. The van der Waals surface area contributed by atoms with E-state index in [2.05, 4.69) is 20.6 Å². The first-order chi connectivity index (χ1) is 14.1. The largest absolute Gasteiger partial charge is 0.495 e. The van der Waals surface area contributed by atoms with Crippen LogP contribution >= 0.6 is 0 Å². The van der Waals surface area contributed by atoms with Crippen molar-refractivity contribution in [2.75, 3.05) is 17.7 Å². The van der Waals surface area contributed by atoms with Crippen molar-refractivity contribution in [2.24, 2.45) is 0 Å². The van der Waals surface area contributed by atoms with Gasteiger partial charge in [-0.3, -0.25) is 4.79 Å². The number of benzene rings is 3. The van der Waals surface area contributed by atoms with Crippen molar-refractivity contribution >= 4 is 34.0 Å². The van der Waals surface area contributed by atoms with Crippen LogP contribution < -0.4 is 15.4 Å². The van der Waals surface area contributed by atoms with Crippen LogP contribution in [0.1, 0.15) is 16.2 Å². The fourth-order valence-corrected chi connectivity index (χ4v) is 3.06. The predicted octanol–water partition coefficient (Wildman–Crippen LogP) is 4.94. The van der Waals surface area contributed by atoms with Gasteiger partial charge in [0, 0.05) is 11.1 Å². The normalized spacial score (nSPS) is 10.6. The Morgan fingerprint density at radius 3 is 2.55 bits per heavy atom. The van der Waals surface area contributed by atoms with Crippen LogP contribution in [0.4, 0.5) is 17.2 Å². The minimum Gasteiger partial charge on any atom is -0.495 e. The van der Waals surface area contributed by atoms with E-state index in [1.165, 1.54) is 0 Å². The second-order valence-corrected chi connectivity index (χ2v) is 6.56. The SMILES string of the molecule is COc1ccccc1NC(=O)c1nc(Nc2cccc(C)c2)c2ccccc2n1. The number of aromatic nitrogens is 2. The number of carbonyl (C=O) groups is 1. The lowest BCUT2D eigenvalue weighted by Gasteiger charge is -2.12. The van der Waals surface area contributed by atoms with E-state index >= 15 is 0 Å². The van der Waals surface area contributed by atoms with Gasteiger partial charge in [-0.25, -0.2) is 9.97 Å². The van der Waals surface area contributed by atoms with Gasteiger partial charge in [-0.2, -0.15) is 0 Å². The summed E-state index contributed by atoms with van der Waals surface area (Å²) in [6, 6.07) is 22.8. The number of para-hydroxylation sites is 3. The predicted molar refractivity (Wildman–Crippen MR) is 115 cm³/mol. The molecule has 4 rings (SSSR count). The van der Waals surface area contributed by atoms with E-state index in [1.807, 2.05) is 67.6 Å². The zero-order chi connectivity index (χ0) is 20.2. The number of aryl methyl sites for hydroxylation is 1. The van der Waals surface area contributed by atoms with Crippen LogP contribution in [-0.4, -0.2) is 23.0 Å². The van der Waals surface area contributed by atoms with E-state index in [9.17, 15) is 4.79 Å². The molecule has 0 unspecified atom stereocenters. The van der Waals surface area contributed by atoms with Gasteiger partial charge in [0.25, 0.3) is 5.91 Å². The summed E-state index contributed by atoms with van der Waals surface area (Å²) < 4.78 is 5.30. The number of nitrogens with one attached hydrogen (secondary N) is 2. The van der Waals surface area contributed by atoms with E-state index in [-0.39, 0.29) is 5.82 Å². The number of hydrogen-bond donors (Lipinski definition) is 2. The lowest BCUT2D eigenvalue weighted by atomic mass is 10.2. The lowest BCUT2D eigenvalue weighted by Crippen LogP contribution is -2.17. The number of fused-ring (bicyclic) bond motifs is 1. The standard InChI is InChI=1S/C23H20N4O2/c1-15-8-7-9-16(14-15)24-21-17-10-3-4-11-18(17)25-22(27-21)23(28)26-19-12-5-6-13-20(19)29-2/h3-14H,1-2H3,(H,26,28)(H,24,25,27). The maximum atomic E-state index is 12.9. The lowest BCUT2D eigenvalue weighted by molar-refractivity contribution is 0.101. The Morgan fingerprint density at radius 2 is 1.72 bits per heavy atom. The van der Waals surface area contributed by atoms with E-state index < -0.39 is 5.91 Å². The average molecular weight is 384 g/mol. The van der Waals surface area contributed by atoms with Gasteiger partial charge < -0.3 is 15.4 Å². The molecule has 2 N–H and O–H groups in total. The van der Waals surface area contributed by atoms with Gasteiger partial charge in [-0.05, 0) is 48.9 Å². The van der Waals surface area contributed by atoms with Crippen LogP contribution in [0.3, 0.4) is 0 Å². The summed E-state index contributed by atoms with van der Waals surface area (Å²) in [5.41, 5.74) is 3.26. The fourth-order valence-electron chi connectivity index (χ4n) is 3.06. The van der Waals surface area contributed by atoms with E-state index in [4.69, 9.17) is 4.74 Å². The second kappa shape index (κ2) is 7.98. The molecule has 0 bridgehead atoms. The fraction of sp³-hybridized carbons (Fsp3) is 0.0870. The molecule has 6 nitrogen and oxygen atoms in total. The van der Waals surface area contributed by atoms with Crippen LogP contribution in [0.15, 0.2) is 72.8 Å². The van der Waals surface area contributed by atoms with Crippen molar-refractivity contribution in [3.63, 3.8) is 0 Å². The highest BCUT2D eigenvalue weighted by Gasteiger charge is 2.16. The number of methoxy groups -OCH3 is 1. The van der Waals surface area contributed by atoms with Crippen LogP contribution in [0.5, 0.6) is 5.75 Å². The number of ether oxygens (including phenoxy) is 1. The molecule has 0 aliphatic heterocycles. The van der Waals surface area contributed by atoms with Gasteiger partial charge in [-0.1, -0.05) is 36.4 Å². The Balaban J connectivity index is 1.72. The molecule has 6 heteroatoms. The number of nitrogens with zero attached hydrogens (tertiary/aromatic N) is 2. The molecule has 0 atom stereocenters. The first-order valence-electron chi connectivity index (χ1n) is 9.19. The number of anilines is 3. The maximum absolute atomic E-state index is 12.9. The van der Waals surface area contributed by atoms with Gasteiger partial charge in [0.05, 0.1) is 18.3 Å². The van der Waals surface area contributed by atoms with Crippen LogP contribution in [-0.2, 0) is 0 Å². The van der Waals surface area contributed by atoms with E-state index in [0.29, 0.717) is 22.8 Å². The van der Waals surface area contributed by atoms with Gasteiger partial charge in [-0.15, -0.1) is 0 Å². The molecule has 1 heterocycles. The zero-order valence-electron chi connectivity index (χ0n) is 16.1. The van der Waals surface area contributed by atoms with Crippen LogP contribution in [0.25, 0.3) is 10.9 Å². The van der Waals surface area contributed by atoms with Crippen LogP contribution in [0.2, 0.25) is 0 Å². The molecule has 0 fully saturated rings. The Morgan fingerprint density at radius 1 is 0.931 bits per heavy atom. The van der Waals surface area contributed by atoms with Gasteiger partial charge >= 0.3 is 0 Å².